The fourth-order valence-corrected chi connectivity index (χ4v) is 3.18. The molecule has 0 spiro atoms. The van der Waals surface area contributed by atoms with Gasteiger partial charge in [0, 0.05) is 19.6 Å². The Labute approximate surface area is 181 Å². The maximum Gasteiger partial charge on any atom is 0.325 e. The van der Waals surface area contributed by atoms with Crippen LogP contribution in [0.1, 0.15) is 52.9 Å². The van der Waals surface area contributed by atoms with Crippen molar-refractivity contribution in [3.05, 3.63) is 23.8 Å². The minimum atomic E-state index is -0.958. The standard InChI is InChI=1S/C19H32N10O2/c1-18(2,3)28-11-15(21-24-28)8-26(7-14-10-27(23-20-14)13-17(30)31)9-16-12-29(25-22-16)19(4,5)6/h10-11,16H,7-9,12-13H2,1-6H3,(H,30,31). The average Bonchev–Trinajstić information content (AvgIpc) is 3.34. The van der Waals surface area contributed by atoms with Gasteiger partial charge in [-0.15, -0.1) is 10.2 Å². The summed E-state index contributed by atoms with van der Waals surface area (Å²) in [6.07, 6.45) is 3.61. The minimum absolute atomic E-state index is 0.0194. The lowest BCUT2D eigenvalue weighted by Crippen LogP contribution is -2.40. The second kappa shape index (κ2) is 8.69. The number of aliphatic carboxylic acids is 1. The highest BCUT2D eigenvalue weighted by Crippen LogP contribution is 2.22. The first kappa shape index (κ1) is 22.8. The van der Waals surface area contributed by atoms with Crippen LogP contribution in [-0.4, -0.2) is 75.6 Å². The van der Waals surface area contributed by atoms with E-state index in [1.807, 2.05) is 15.9 Å². The number of carboxylic acids is 1. The van der Waals surface area contributed by atoms with Gasteiger partial charge in [0.25, 0.3) is 0 Å². The van der Waals surface area contributed by atoms with E-state index < -0.39 is 5.97 Å². The Morgan fingerprint density at radius 3 is 2.26 bits per heavy atom. The molecule has 0 saturated heterocycles. The lowest BCUT2D eigenvalue weighted by Gasteiger charge is -2.29. The first-order valence-electron chi connectivity index (χ1n) is 10.3. The molecule has 12 nitrogen and oxygen atoms in total. The number of hydrogen-bond donors (Lipinski definition) is 1. The molecule has 12 heteroatoms. The molecule has 3 rings (SSSR count). The van der Waals surface area contributed by atoms with E-state index in [1.165, 1.54) is 4.68 Å². The first-order chi connectivity index (χ1) is 14.4. The van der Waals surface area contributed by atoms with Crippen molar-refractivity contribution in [2.75, 3.05) is 13.1 Å². The zero-order valence-corrected chi connectivity index (χ0v) is 19.1. The van der Waals surface area contributed by atoms with Crippen LogP contribution >= 0.6 is 0 Å². The fourth-order valence-electron chi connectivity index (χ4n) is 3.18. The van der Waals surface area contributed by atoms with Crippen molar-refractivity contribution >= 4 is 5.97 Å². The van der Waals surface area contributed by atoms with Gasteiger partial charge in [-0.1, -0.05) is 15.7 Å². The van der Waals surface area contributed by atoms with Crippen molar-refractivity contribution in [3.63, 3.8) is 0 Å². The number of aromatic nitrogens is 6. The Hall–Kier alpha value is -2.89. The summed E-state index contributed by atoms with van der Waals surface area (Å²) < 4.78 is 3.17. The summed E-state index contributed by atoms with van der Waals surface area (Å²) in [4.78, 5) is 13.1. The predicted molar refractivity (Wildman–Crippen MR) is 112 cm³/mol. The monoisotopic (exact) mass is 432 g/mol. The SMILES string of the molecule is CC(C)(C)N1CC(CN(Cc2cn(CC(=O)O)nn2)Cc2cn(C(C)(C)C)nn2)N=N1. The molecule has 1 aliphatic heterocycles. The van der Waals surface area contributed by atoms with E-state index in [0.29, 0.717) is 25.3 Å². The lowest BCUT2D eigenvalue weighted by molar-refractivity contribution is -0.137. The van der Waals surface area contributed by atoms with Crippen LogP contribution in [0.25, 0.3) is 0 Å². The number of nitrogens with zero attached hydrogens (tertiary/aromatic N) is 10. The molecule has 2 aromatic heterocycles. The molecule has 31 heavy (non-hydrogen) atoms. The normalized spacial score (nSPS) is 17.1. The third-order valence-corrected chi connectivity index (χ3v) is 4.83. The van der Waals surface area contributed by atoms with Gasteiger partial charge < -0.3 is 5.11 Å². The highest BCUT2D eigenvalue weighted by molar-refractivity contribution is 5.66. The Morgan fingerprint density at radius 1 is 1.06 bits per heavy atom. The van der Waals surface area contributed by atoms with Crippen molar-refractivity contribution in [3.8, 4) is 0 Å². The van der Waals surface area contributed by atoms with Gasteiger partial charge >= 0.3 is 5.97 Å². The van der Waals surface area contributed by atoms with Crippen LogP contribution in [0, 0.1) is 0 Å². The summed E-state index contributed by atoms with van der Waals surface area (Å²) in [6.45, 7) is 14.8. The van der Waals surface area contributed by atoms with Gasteiger partial charge in [0.2, 0.25) is 0 Å². The second-order valence-corrected chi connectivity index (χ2v) is 9.91. The van der Waals surface area contributed by atoms with Crippen molar-refractivity contribution in [1.29, 1.82) is 0 Å². The molecule has 1 aliphatic rings. The third kappa shape index (κ3) is 6.29. The van der Waals surface area contributed by atoms with E-state index in [0.717, 1.165) is 12.2 Å². The Kier molecular flexibility index (Phi) is 6.39. The van der Waals surface area contributed by atoms with Gasteiger partial charge in [0.05, 0.1) is 41.4 Å². The molecule has 0 bridgehead atoms. The Balaban J connectivity index is 1.72. The Morgan fingerprint density at radius 2 is 1.71 bits per heavy atom. The van der Waals surface area contributed by atoms with Crippen LogP contribution in [0.15, 0.2) is 22.7 Å². The molecular formula is C19H32N10O2. The average molecular weight is 433 g/mol. The molecule has 1 N–H and O–H groups in total. The van der Waals surface area contributed by atoms with Crippen molar-refractivity contribution in [2.24, 2.45) is 10.3 Å². The van der Waals surface area contributed by atoms with Gasteiger partial charge in [0.15, 0.2) is 0 Å². The Bertz CT molecular complexity index is 921. The molecule has 0 amide bonds. The van der Waals surface area contributed by atoms with Crippen molar-refractivity contribution < 1.29 is 9.90 Å². The summed E-state index contributed by atoms with van der Waals surface area (Å²) in [5.74, 6) is -0.958. The van der Waals surface area contributed by atoms with E-state index in [4.69, 9.17) is 5.11 Å². The molecule has 0 saturated carbocycles. The summed E-state index contributed by atoms with van der Waals surface area (Å²) in [7, 11) is 0. The largest absolute Gasteiger partial charge is 0.480 e. The highest BCUT2D eigenvalue weighted by Gasteiger charge is 2.30. The van der Waals surface area contributed by atoms with E-state index in [1.54, 1.807) is 6.20 Å². The van der Waals surface area contributed by atoms with Crippen LogP contribution in [0.3, 0.4) is 0 Å². The first-order valence-corrected chi connectivity index (χ1v) is 10.3. The molecule has 1 unspecified atom stereocenters. The van der Waals surface area contributed by atoms with Crippen molar-refractivity contribution in [2.45, 2.75) is 78.3 Å². The molecule has 170 valence electrons. The smallest absolute Gasteiger partial charge is 0.325 e. The molecular weight excluding hydrogens is 400 g/mol. The maximum absolute atomic E-state index is 10.9. The van der Waals surface area contributed by atoms with Gasteiger partial charge in [-0.25, -0.2) is 9.36 Å². The van der Waals surface area contributed by atoms with Crippen LogP contribution in [0.5, 0.6) is 0 Å². The van der Waals surface area contributed by atoms with Gasteiger partial charge in [-0.2, -0.15) is 5.11 Å². The van der Waals surface area contributed by atoms with E-state index in [-0.39, 0.29) is 23.7 Å². The van der Waals surface area contributed by atoms with Gasteiger partial charge in [-0.3, -0.25) is 14.7 Å². The quantitative estimate of drug-likeness (QED) is 0.665. The van der Waals surface area contributed by atoms with Crippen LogP contribution < -0.4 is 0 Å². The second-order valence-electron chi connectivity index (χ2n) is 9.91. The number of rotatable bonds is 8. The molecule has 2 aromatic rings. The predicted octanol–water partition coefficient (Wildman–Crippen LogP) is 1.56. The topological polar surface area (TPSA) is 130 Å². The lowest BCUT2D eigenvalue weighted by atomic mass is 10.1. The van der Waals surface area contributed by atoms with Crippen LogP contribution in [0.4, 0.5) is 0 Å². The van der Waals surface area contributed by atoms with Gasteiger partial charge in [-0.05, 0) is 41.5 Å². The van der Waals surface area contributed by atoms with Crippen molar-refractivity contribution in [1.82, 2.24) is 39.9 Å². The zero-order valence-electron chi connectivity index (χ0n) is 19.1. The third-order valence-electron chi connectivity index (χ3n) is 4.83. The fraction of sp³-hybridized carbons (Fsp3) is 0.737. The summed E-state index contributed by atoms with van der Waals surface area (Å²) in [5.41, 5.74) is 1.29. The summed E-state index contributed by atoms with van der Waals surface area (Å²) in [6, 6.07) is 0.0194. The maximum atomic E-state index is 10.9. The van der Waals surface area contributed by atoms with E-state index in [2.05, 4.69) is 77.4 Å². The molecule has 3 heterocycles. The van der Waals surface area contributed by atoms with E-state index >= 15 is 0 Å². The molecule has 1 atom stereocenters. The van der Waals surface area contributed by atoms with Crippen LogP contribution in [-0.2, 0) is 30.0 Å². The highest BCUT2D eigenvalue weighted by atomic mass is 16.4. The van der Waals surface area contributed by atoms with Crippen LogP contribution in [0.2, 0.25) is 0 Å². The number of hydrogen-bond acceptors (Lipinski definition) is 9. The zero-order chi connectivity index (χ0) is 22.8. The molecule has 0 aliphatic carbocycles. The number of carbonyl (C=O) groups is 1. The summed E-state index contributed by atoms with van der Waals surface area (Å²) in [5, 5.41) is 36.3. The molecule has 0 aromatic carbocycles. The minimum Gasteiger partial charge on any atom is -0.480 e. The van der Waals surface area contributed by atoms with E-state index in [9.17, 15) is 4.79 Å². The number of carboxylic acid groups (broad SMARTS) is 1. The molecule has 0 radical (unpaired) electrons. The van der Waals surface area contributed by atoms with Gasteiger partial charge in [0.1, 0.15) is 12.6 Å². The summed E-state index contributed by atoms with van der Waals surface area (Å²) >= 11 is 0. The molecule has 0 fully saturated rings.